The number of hydrogen-bond acceptors (Lipinski definition) is 4. The van der Waals surface area contributed by atoms with Crippen molar-refractivity contribution < 1.29 is 36.2 Å². The molecule has 120 valence electrons. The number of fused-ring (bicyclic) bond motifs is 1. The molecule has 0 saturated carbocycles. The molecular formula is C11H6ClF5N2O3. The molecule has 0 bridgehead atoms. The predicted molar refractivity (Wildman–Crippen MR) is 63.2 cm³/mol. The minimum absolute atomic E-state index is 0.339. The largest absolute Gasteiger partial charge is 0.464 e. The van der Waals surface area contributed by atoms with Crippen molar-refractivity contribution in [3.63, 3.8) is 0 Å². The SMILES string of the molecule is COC(=O)c1nc2c(C(F)(F)F)cc(OC(F)F)cn2c1Cl. The highest BCUT2D eigenvalue weighted by Crippen LogP contribution is 2.36. The van der Waals surface area contributed by atoms with Gasteiger partial charge in [0.25, 0.3) is 0 Å². The van der Waals surface area contributed by atoms with Crippen molar-refractivity contribution in [2.45, 2.75) is 12.8 Å². The second-order valence-corrected chi connectivity index (χ2v) is 4.26. The molecule has 0 aliphatic rings. The molecule has 22 heavy (non-hydrogen) atoms. The van der Waals surface area contributed by atoms with Gasteiger partial charge in [0.1, 0.15) is 16.5 Å². The van der Waals surface area contributed by atoms with E-state index in [1.54, 1.807) is 0 Å². The van der Waals surface area contributed by atoms with Crippen molar-refractivity contribution in [3.8, 4) is 5.75 Å². The van der Waals surface area contributed by atoms with E-state index in [9.17, 15) is 26.7 Å². The van der Waals surface area contributed by atoms with Gasteiger partial charge in [-0.05, 0) is 6.07 Å². The topological polar surface area (TPSA) is 52.8 Å². The molecule has 0 amide bonds. The number of hydrogen-bond donors (Lipinski definition) is 0. The molecule has 2 aromatic rings. The summed E-state index contributed by atoms with van der Waals surface area (Å²) in [5, 5.41) is -0.521. The molecule has 0 fully saturated rings. The number of carbonyl (C=O) groups excluding carboxylic acids is 1. The predicted octanol–water partition coefficient (Wildman–Crippen LogP) is 3.39. The highest BCUT2D eigenvalue weighted by atomic mass is 35.5. The Morgan fingerprint density at radius 2 is 2.05 bits per heavy atom. The van der Waals surface area contributed by atoms with Crippen LogP contribution in [0.15, 0.2) is 12.3 Å². The first kappa shape index (κ1) is 16.3. The number of esters is 1. The van der Waals surface area contributed by atoms with Crippen LogP contribution in [0.25, 0.3) is 5.65 Å². The number of carbonyl (C=O) groups is 1. The van der Waals surface area contributed by atoms with Crippen molar-refractivity contribution in [3.05, 3.63) is 28.7 Å². The van der Waals surface area contributed by atoms with Crippen molar-refractivity contribution >= 4 is 23.2 Å². The summed E-state index contributed by atoms with van der Waals surface area (Å²) in [6.07, 6.45) is -4.16. The lowest BCUT2D eigenvalue weighted by molar-refractivity contribution is -0.137. The summed E-state index contributed by atoms with van der Waals surface area (Å²) in [6, 6.07) is 0.339. The monoisotopic (exact) mass is 344 g/mol. The van der Waals surface area contributed by atoms with Gasteiger partial charge in [0, 0.05) is 0 Å². The standard InChI is InChI=1S/C11H6ClF5N2O3/c1-21-9(20)6-7(12)19-3-4(22-10(13)14)2-5(8(19)18-6)11(15,16)17/h2-3,10H,1H3. The van der Waals surface area contributed by atoms with Crippen LogP contribution in [0, 0.1) is 0 Å². The summed E-state index contributed by atoms with van der Waals surface area (Å²) >= 11 is 5.75. The van der Waals surface area contributed by atoms with Gasteiger partial charge in [-0.25, -0.2) is 9.78 Å². The van der Waals surface area contributed by atoms with Crippen LogP contribution in [0.2, 0.25) is 5.15 Å². The van der Waals surface area contributed by atoms with E-state index in [4.69, 9.17) is 11.6 Å². The van der Waals surface area contributed by atoms with Crippen LogP contribution in [0.5, 0.6) is 5.75 Å². The van der Waals surface area contributed by atoms with Crippen LogP contribution in [0.4, 0.5) is 22.0 Å². The van der Waals surface area contributed by atoms with E-state index in [-0.39, 0.29) is 0 Å². The first-order chi connectivity index (χ1) is 10.1. The molecule has 0 aliphatic carbocycles. The Labute approximate surface area is 124 Å². The van der Waals surface area contributed by atoms with E-state index >= 15 is 0 Å². The third kappa shape index (κ3) is 2.91. The van der Waals surface area contributed by atoms with Gasteiger partial charge < -0.3 is 9.47 Å². The Morgan fingerprint density at radius 3 is 2.55 bits per heavy atom. The molecule has 2 rings (SSSR count). The molecule has 0 saturated heterocycles. The maximum absolute atomic E-state index is 13.0. The average Bonchev–Trinajstić information content (AvgIpc) is 2.73. The lowest BCUT2D eigenvalue weighted by Gasteiger charge is -2.11. The molecule has 2 heterocycles. The number of halogens is 6. The van der Waals surface area contributed by atoms with Crippen LogP contribution in [0.1, 0.15) is 16.1 Å². The van der Waals surface area contributed by atoms with Crippen LogP contribution in [0.3, 0.4) is 0 Å². The third-order valence-corrected chi connectivity index (χ3v) is 2.91. The minimum atomic E-state index is -4.93. The molecule has 0 unspecified atom stereocenters. The van der Waals surface area contributed by atoms with E-state index in [2.05, 4.69) is 14.5 Å². The van der Waals surface area contributed by atoms with E-state index < -0.39 is 46.6 Å². The Kier molecular flexibility index (Phi) is 4.14. The summed E-state index contributed by atoms with van der Waals surface area (Å²) < 4.78 is 72.3. The maximum Gasteiger partial charge on any atom is 0.420 e. The first-order valence-electron chi connectivity index (χ1n) is 5.47. The van der Waals surface area contributed by atoms with E-state index in [1.165, 1.54) is 0 Å². The van der Waals surface area contributed by atoms with Gasteiger partial charge >= 0.3 is 18.8 Å². The summed E-state index contributed by atoms with van der Waals surface area (Å²) in [6.45, 7) is -3.33. The Bertz CT molecular complexity index is 729. The fourth-order valence-corrected chi connectivity index (χ4v) is 1.94. The molecule has 0 aliphatic heterocycles. The van der Waals surface area contributed by atoms with Crippen molar-refractivity contribution in [2.24, 2.45) is 0 Å². The number of methoxy groups -OCH3 is 1. The molecule has 11 heteroatoms. The second kappa shape index (κ2) is 5.59. The number of alkyl halides is 5. The molecule has 2 aromatic heterocycles. The first-order valence-corrected chi connectivity index (χ1v) is 5.85. The fourth-order valence-electron chi connectivity index (χ4n) is 1.69. The molecule has 0 N–H and O–H groups in total. The number of nitrogens with zero attached hydrogens (tertiary/aromatic N) is 2. The van der Waals surface area contributed by atoms with Crippen LogP contribution in [-0.2, 0) is 10.9 Å². The average molecular weight is 345 g/mol. The maximum atomic E-state index is 13.0. The lowest BCUT2D eigenvalue weighted by atomic mass is 10.2. The Hall–Kier alpha value is -2.10. The smallest absolute Gasteiger partial charge is 0.420 e. The van der Waals surface area contributed by atoms with E-state index in [0.29, 0.717) is 10.5 Å². The van der Waals surface area contributed by atoms with Gasteiger partial charge in [0.2, 0.25) is 0 Å². The Balaban J connectivity index is 2.76. The van der Waals surface area contributed by atoms with Gasteiger partial charge in [0.15, 0.2) is 11.3 Å². The molecule has 5 nitrogen and oxygen atoms in total. The van der Waals surface area contributed by atoms with Crippen molar-refractivity contribution in [1.82, 2.24) is 9.38 Å². The van der Waals surface area contributed by atoms with Crippen molar-refractivity contribution in [2.75, 3.05) is 7.11 Å². The Morgan fingerprint density at radius 1 is 1.41 bits per heavy atom. The van der Waals surface area contributed by atoms with Gasteiger partial charge in [-0.3, -0.25) is 4.40 Å². The van der Waals surface area contributed by atoms with Crippen LogP contribution < -0.4 is 4.74 Å². The van der Waals surface area contributed by atoms with Crippen LogP contribution >= 0.6 is 11.6 Å². The minimum Gasteiger partial charge on any atom is -0.464 e. The molecular weight excluding hydrogens is 339 g/mol. The number of pyridine rings is 1. The normalized spacial score (nSPS) is 12.0. The van der Waals surface area contributed by atoms with Crippen LogP contribution in [-0.4, -0.2) is 29.1 Å². The number of aromatic nitrogens is 2. The van der Waals surface area contributed by atoms with Gasteiger partial charge in [-0.2, -0.15) is 22.0 Å². The summed E-state index contributed by atoms with van der Waals surface area (Å²) in [5.74, 6) is -1.86. The zero-order valence-electron chi connectivity index (χ0n) is 10.6. The molecule has 0 aromatic carbocycles. The highest BCUT2D eigenvalue weighted by molar-refractivity contribution is 6.32. The number of ether oxygens (including phenoxy) is 2. The molecule has 0 radical (unpaired) electrons. The quantitative estimate of drug-likeness (QED) is 0.632. The van der Waals surface area contributed by atoms with Crippen molar-refractivity contribution in [1.29, 1.82) is 0 Å². The number of rotatable bonds is 3. The van der Waals surface area contributed by atoms with Gasteiger partial charge in [-0.15, -0.1) is 0 Å². The zero-order valence-corrected chi connectivity index (χ0v) is 11.4. The fraction of sp³-hybridized carbons (Fsp3) is 0.273. The summed E-state index contributed by atoms with van der Waals surface area (Å²) in [4.78, 5) is 14.9. The number of imidazole rings is 1. The highest BCUT2D eigenvalue weighted by Gasteiger charge is 2.36. The summed E-state index contributed by atoms with van der Waals surface area (Å²) in [5.41, 5.74) is -2.70. The summed E-state index contributed by atoms with van der Waals surface area (Å²) in [7, 11) is 0.985. The van der Waals surface area contributed by atoms with E-state index in [1.807, 2.05) is 0 Å². The van der Waals surface area contributed by atoms with E-state index in [0.717, 1.165) is 13.3 Å². The third-order valence-electron chi connectivity index (χ3n) is 2.55. The molecule has 0 spiro atoms. The zero-order chi connectivity index (χ0) is 16.7. The lowest BCUT2D eigenvalue weighted by Crippen LogP contribution is -2.10. The van der Waals surface area contributed by atoms with Gasteiger partial charge in [0.05, 0.1) is 13.3 Å². The van der Waals surface area contributed by atoms with Gasteiger partial charge in [-0.1, -0.05) is 11.6 Å². The second-order valence-electron chi connectivity index (χ2n) is 3.90. The molecule has 0 atom stereocenters.